The van der Waals surface area contributed by atoms with Gasteiger partial charge in [0.25, 0.3) is 0 Å². The predicted octanol–water partition coefficient (Wildman–Crippen LogP) is 2.71. The second-order valence-corrected chi connectivity index (χ2v) is 5.43. The minimum Gasteiger partial charge on any atom is -0.311 e. The maximum atomic E-state index is 3.57. The van der Waals surface area contributed by atoms with Crippen LogP contribution in [0.25, 0.3) is 0 Å². The van der Waals surface area contributed by atoms with E-state index in [1.54, 1.807) is 5.56 Å². The van der Waals surface area contributed by atoms with Crippen LogP contribution < -0.4 is 5.32 Å². The number of fused-ring (bicyclic) bond motifs is 1. The molecule has 1 aromatic rings. The van der Waals surface area contributed by atoms with E-state index in [2.05, 4.69) is 41.4 Å². The first-order valence-electron chi connectivity index (χ1n) is 6.90. The molecular formula is C15H22N2. The Morgan fingerprint density at radius 1 is 1.24 bits per heavy atom. The molecule has 1 saturated heterocycles. The number of hydrogen-bond donors (Lipinski definition) is 1. The lowest BCUT2D eigenvalue weighted by Crippen LogP contribution is -2.46. The number of hydrogen-bond acceptors (Lipinski definition) is 2. The van der Waals surface area contributed by atoms with Crippen molar-refractivity contribution in [1.29, 1.82) is 0 Å². The summed E-state index contributed by atoms with van der Waals surface area (Å²) in [5, 5.41) is 3.57. The van der Waals surface area contributed by atoms with Gasteiger partial charge in [0.2, 0.25) is 0 Å². The van der Waals surface area contributed by atoms with Crippen LogP contribution in [-0.4, -0.2) is 24.0 Å². The van der Waals surface area contributed by atoms with Crippen LogP contribution in [-0.2, 0) is 6.54 Å². The van der Waals surface area contributed by atoms with Crippen molar-refractivity contribution in [3.05, 3.63) is 35.4 Å². The third kappa shape index (κ3) is 2.12. The highest BCUT2D eigenvalue weighted by atomic mass is 15.2. The number of nitrogens with zero attached hydrogens (tertiary/aromatic N) is 1. The Morgan fingerprint density at radius 2 is 2.12 bits per heavy atom. The lowest BCUT2D eigenvalue weighted by atomic mass is 9.92. The van der Waals surface area contributed by atoms with Crippen molar-refractivity contribution < 1.29 is 0 Å². The molecule has 0 bridgehead atoms. The second-order valence-electron chi connectivity index (χ2n) is 5.43. The van der Waals surface area contributed by atoms with Crippen molar-refractivity contribution in [1.82, 2.24) is 10.2 Å². The zero-order valence-electron chi connectivity index (χ0n) is 10.7. The molecule has 1 fully saturated rings. The Hall–Kier alpha value is -0.860. The Bertz CT molecular complexity index is 388. The summed E-state index contributed by atoms with van der Waals surface area (Å²) >= 11 is 0. The van der Waals surface area contributed by atoms with Crippen molar-refractivity contribution in [2.24, 2.45) is 0 Å². The van der Waals surface area contributed by atoms with Crippen LogP contribution >= 0.6 is 0 Å². The van der Waals surface area contributed by atoms with Crippen LogP contribution in [0, 0.1) is 0 Å². The van der Waals surface area contributed by atoms with E-state index in [-0.39, 0.29) is 0 Å². The summed E-state index contributed by atoms with van der Waals surface area (Å²) in [5.74, 6) is 0. The molecule has 2 aliphatic heterocycles. The molecule has 1 aromatic carbocycles. The summed E-state index contributed by atoms with van der Waals surface area (Å²) in [6.07, 6.45) is 4.13. The van der Waals surface area contributed by atoms with Gasteiger partial charge < -0.3 is 5.32 Å². The molecule has 0 radical (unpaired) electrons. The largest absolute Gasteiger partial charge is 0.311 e. The number of benzene rings is 1. The highest BCUT2D eigenvalue weighted by Gasteiger charge is 2.29. The summed E-state index contributed by atoms with van der Waals surface area (Å²) in [6, 6.07) is 10.3. The molecule has 0 amide bonds. The van der Waals surface area contributed by atoms with Crippen molar-refractivity contribution >= 4 is 0 Å². The Balaban J connectivity index is 1.89. The van der Waals surface area contributed by atoms with Gasteiger partial charge in [0.1, 0.15) is 0 Å². The summed E-state index contributed by atoms with van der Waals surface area (Å²) in [7, 11) is 0. The molecular weight excluding hydrogens is 208 g/mol. The molecule has 2 nitrogen and oxygen atoms in total. The molecule has 0 saturated carbocycles. The van der Waals surface area contributed by atoms with Crippen LogP contribution in [0.2, 0.25) is 0 Å². The zero-order valence-corrected chi connectivity index (χ0v) is 10.7. The smallest absolute Gasteiger partial charge is 0.0478 e. The summed E-state index contributed by atoms with van der Waals surface area (Å²) in [4.78, 5) is 2.70. The Morgan fingerprint density at radius 3 is 3.00 bits per heavy atom. The van der Waals surface area contributed by atoms with Gasteiger partial charge in [0, 0.05) is 25.2 Å². The van der Waals surface area contributed by atoms with Crippen molar-refractivity contribution in [3.8, 4) is 0 Å². The van der Waals surface area contributed by atoms with E-state index < -0.39 is 0 Å². The lowest BCUT2D eigenvalue weighted by Gasteiger charge is -2.42. The highest BCUT2D eigenvalue weighted by Crippen LogP contribution is 2.31. The fourth-order valence-electron chi connectivity index (χ4n) is 3.35. The number of rotatable bonds is 1. The predicted molar refractivity (Wildman–Crippen MR) is 70.9 cm³/mol. The molecule has 2 heteroatoms. The SMILES string of the molecule is CC1CCCCN1C1CNCc2ccccc21. The van der Waals surface area contributed by atoms with Gasteiger partial charge in [-0.1, -0.05) is 30.7 Å². The average molecular weight is 230 g/mol. The van der Waals surface area contributed by atoms with E-state index in [0.717, 1.165) is 19.1 Å². The molecule has 2 atom stereocenters. The van der Waals surface area contributed by atoms with Crippen molar-refractivity contribution in [3.63, 3.8) is 0 Å². The third-order valence-corrected chi connectivity index (χ3v) is 4.32. The first-order chi connectivity index (χ1) is 8.36. The molecule has 0 aromatic heterocycles. The van der Waals surface area contributed by atoms with Crippen LogP contribution in [0.15, 0.2) is 24.3 Å². The molecule has 0 aliphatic carbocycles. The number of piperidine rings is 1. The molecule has 92 valence electrons. The molecule has 2 heterocycles. The van der Waals surface area contributed by atoms with E-state index in [1.807, 2.05) is 0 Å². The quantitative estimate of drug-likeness (QED) is 0.798. The van der Waals surface area contributed by atoms with Gasteiger partial charge in [-0.25, -0.2) is 0 Å². The Kier molecular flexibility index (Phi) is 3.17. The fourth-order valence-corrected chi connectivity index (χ4v) is 3.35. The van der Waals surface area contributed by atoms with E-state index in [0.29, 0.717) is 6.04 Å². The normalized spacial score (nSPS) is 29.9. The minimum atomic E-state index is 0.593. The van der Waals surface area contributed by atoms with Gasteiger partial charge in [-0.2, -0.15) is 0 Å². The average Bonchev–Trinajstić information content (AvgIpc) is 2.39. The summed E-state index contributed by atoms with van der Waals surface area (Å²) in [5.41, 5.74) is 3.04. The van der Waals surface area contributed by atoms with Crippen LogP contribution in [0.1, 0.15) is 43.4 Å². The maximum Gasteiger partial charge on any atom is 0.0478 e. The van der Waals surface area contributed by atoms with Crippen molar-refractivity contribution in [2.75, 3.05) is 13.1 Å². The van der Waals surface area contributed by atoms with Gasteiger partial charge in [0.15, 0.2) is 0 Å². The van der Waals surface area contributed by atoms with Crippen LogP contribution in [0.3, 0.4) is 0 Å². The summed E-state index contributed by atoms with van der Waals surface area (Å²) in [6.45, 7) is 5.80. The van der Waals surface area contributed by atoms with Gasteiger partial charge >= 0.3 is 0 Å². The number of nitrogens with one attached hydrogen (secondary N) is 1. The molecule has 3 rings (SSSR count). The molecule has 17 heavy (non-hydrogen) atoms. The zero-order chi connectivity index (χ0) is 11.7. The first kappa shape index (κ1) is 11.2. The fraction of sp³-hybridized carbons (Fsp3) is 0.600. The molecule has 2 unspecified atom stereocenters. The van der Waals surface area contributed by atoms with Gasteiger partial charge in [-0.05, 0) is 37.4 Å². The van der Waals surface area contributed by atoms with E-state index >= 15 is 0 Å². The van der Waals surface area contributed by atoms with Crippen molar-refractivity contribution in [2.45, 2.75) is 44.8 Å². The molecule has 1 N–H and O–H groups in total. The maximum absolute atomic E-state index is 3.57. The van der Waals surface area contributed by atoms with Crippen LogP contribution in [0.5, 0.6) is 0 Å². The third-order valence-electron chi connectivity index (χ3n) is 4.32. The first-order valence-corrected chi connectivity index (χ1v) is 6.90. The molecule has 2 aliphatic rings. The number of likely N-dealkylation sites (tertiary alicyclic amines) is 1. The molecule has 0 spiro atoms. The van der Waals surface area contributed by atoms with Gasteiger partial charge in [0.05, 0.1) is 0 Å². The van der Waals surface area contributed by atoms with E-state index in [1.165, 1.54) is 31.4 Å². The Labute approximate surface area is 104 Å². The topological polar surface area (TPSA) is 15.3 Å². The standard InChI is InChI=1S/C15H22N2/c1-12-6-4-5-9-17(12)15-11-16-10-13-7-2-3-8-14(13)15/h2-3,7-8,12,15-16H,4-6,9-11H2,1H3. The van der Waals surface area contributed by atoms with Gasteiger partial charge in [-0.15, -0.1) is 0 Å². The van der Waals surface area contributed by atoms with E-state index in [9.17, 15) is 0 Å². The van der Waals surface area contributed by atoms with Crippen LogP contribution in [0.4, 0.5) is 0 Å². The highest BCUT2D eigenvalue weighted by molar-refractivity contribution is 5.32. The minimum absolute atomic E-state index is 0.593. The monoisotopic (exact) mass is 230 g/mol. The summed E-state index contributed by atoms with van der Waals surface area (Å²) < 4.78 is 0. The lowest BCUT2D eigenvalue weighted by molar-refractivity contribution is 0.0991. The van der Waals surface area contributed by atoms with E-state index in [4.69, 9.17) is 0 Å². The second kappa shape index (κ2) is 4.79. The van der Waals surface area contributed by atoms with Gasteiger partial charge in [-0.3, -0.25) is 4.90 Å².